The molecule has 10 aromatic carbocycles. The number of hydrogen-bond acceptors (Lipinski definition) is 4. The zero-order valence-electron chi connectivity index (χ0n) is 31.6. The van der Waals surface area contributed by atoms with Crippen LogP contribution in [0, 0.1) is 0 Å². The van der Waals surface area contributed by atoms with Crippen LogP contribution in [0.5, 0.6) is 0 Å². The number of para-hydroxylation sites is 3. The maximum Gasteiger partial charge on any atom is 0.148 e. The topological polar surface area (TPSA) is 32.3 Å². The normalized spacial score (nSPS) is 11.4. The maximum absolute atomic E-state index is 4.94. The van der Waals surface area contributed by atoms with Gasteiger partial charge in [-0.1, -0.05) is 146 Å². The van der Waals surface area contributed by atoms with Gasteiger partial charge in [-0.25, -0.2) is 9.97 Å². The maximum atomic E-state index is 4.94. The quantitative estimate of drug-likeness (QED) is 0.145. The van der Waals surface area contributed by atoms with E-state index in [0.29, 0.717) is 0 Å². The molecule has 11 rings (SSSR count). The number of anilines is 6. The number of hydrogen-bond donors (Lipinski definition) is 0. The van der Waals surface area contributed by atoms with Crippen LogP contribution in [0.1, 0.15) is 0 Å². The summed E-state index contributed by atoms with van der Waals surface area (Å²) in [7, 11) is 0. The highest BCUT2D eigenvalue weighted by Gasteiger charge is 2.23. The molecule has 1 heterocycles. The first-order valence-electron chi connectivity index (χ1n) is 19.7. The molecular weight excluding hydrogens is 705 g/mol. The van der Waals surface area contributed by atoms with Gasteiger partial charge < -0.3 is 4.90 Å². The summed E-state index contributed by atoms with van der Waals surface area (Å²) >= 11 is 0. The Morgan fingerprint density at radius 1 is 0.310 bits per heavy atom. The highest BCUT2D eigenvalue weighted by atomic mass is 15.2. The Labute approximate surface area is 336 Å². The van der Waals surface area contributed by atoms with E-state index in [4.69, 9.17) is 4.98 Å². The van der Waals surface area contributed by atoms with E-state index in [1.54, 1.807) is 6.33 Å². The summed E-state index contributed by atoms with van der Waals surface area (Å²) in [5, 5.41) is 8.18. The molecule has 0 aliphatic heterocycles. The van der Waals surface area contributed by atoms with Gasteiger partial charge >= 0.3 is 0 Å². The van der Waals surface area contributed by atoms with Gasteiger partial charge in [-0.05, 0) is 111 Å². The highest BCUT2D eigenvalue weighted by molar-refractivity contribution is 6.28. The van der Waals surface area contributed by atoms with Crippen molar-refractivity contribution in [2.24, 2.45) is 0 Å². The molecule has 4 heteroatoms. The summed E-state index contributed by atoms with van der Waals surface area (Å²) in [5.74, 6) is 0.843. The van der Waals surface area contributed by atoms with Gasteiger partial charge in [0.25, 0.3) is 0 Å². The predicted octanol–water partition coefficient (Wildman–Crippen LogP) is 14.8. The second-order valence-corrected chi connectivity index (χ2v) is 14.6. The molecule has 0 radical (unpaired) electrons. The molecule has 0 fully saturated rings. The Hall–Kier alpha value is -7.82. The van der Waals surface area contributed by atoms with Crippen molar-refractivity contribution in [3.63, 3.8) is 0 Å². The third-order valence-electron chi connectivity index (χ3n) is 11.3. The molecule has 0 spiro atoms. The lowest BCUT2D eigenvalue weighted by Crippen LogP contribution is -2.13. The van der Waals surface area contributed by atoms with Gasteiger partial charge in [0, 0.05) is 33.2 Å². The molecule has 11 aromatic rings. The van der Waals surface area contributed by atoms with E-state index in [2.05, 4.69) is 215 Å². The highest BCUT2D eigenvalue weighted by Crippen LogP contribution is 2.48. The Bertz CT molecular complexity index is 3160. The molecule has 0 bridgehead atoms. The summed E-state index contributed by atoms with van der Waals surface area (Å²) in [6.45, 7) is 0. The van der Waals surface area contributed by atoms with Crippen LogP contribution < -0.4 is 9.80 Å². The van der Waals surface area contributed by atoms with Crippen LogP contribution in [0.2, 0.25) is 0 Å². The molecule has 58 heavy (non-hydrogen) atoms. The molecule has 1 aromatic heterocycles. The van der Waals surface area contributed by atoms with Crippen LogP contribution in [0.3, 0.4) is 0 Å². The average Bonchev–Trinajstić information content (AvgIpc) is 3.30. The van der Waals surface area contributed by atoms with Crippen molar-refractivity contribution in [3.8, 4) is 22.3 Å². The molecule has 0 aliphatic carbocycles. The van der Waals surface area contributed by atoms with E-state index in [1.165, 1.54) is 49.2 Å². The number of rotatable bonds is 8. The predicted molar refractivity (Wildman–Crippen MR) is 243 cm³/mol. The van der Waals surface area contributed by atoms with Crippen LogP contribution in [-0.2, 0) is 0 Å². The fraction of sp³-hybridized carbons (Fsp3) is 0. The fourth-order valence-corrected chi connectivity index (χ4v) is 8.62. The summed E-state index contributed by atoms with van der Waals surface area (Å²) in [4.78, 5) is 14.3. The summed E-state index contributed by atoms with van der Waals surface area (Å²) in [6, 6.07) is 76.1. The summed E-state index contributed by atoms with van der Waals surface area (Å²) in [5.41, 5.74) is 11.0. The van der Waals surface area contributed by atoms with Crippen LogP contribution >= 0.6 is 0 Å². The Morgan fingerprint density at radius 3 is 1.34 bits per heavy atom. The van der Waals surface area contributed by atoms with E-state index in [-0.39, 0.29) is 0 Å². The van der Waals surface area contributed by atoms with E-state index < -0.39 is 0 Å². The van der Waals surface area contributed by atoms with Crippen LogP contribution in [0.4, 0.5) is 34.3 Å². The van der Waals surface area contributed by atoms with Crippen molar-refractivity contribution in [1.82, 2.24) is 9.97 Å². The van der Waals surface area contributed by atoms with Crippen molar-refractivity contribution in [2.75, 3.05) is 9.80 Å². The third kappa shape index (κ3) is 5.70. The molecule has 0 saturated heterocycles. The SMILES string of the molecule is c1ccc(-c2cc(-c3ccccc3)cc(N(c3ccccc3)c3ccc4ccc5c(N(c6ccccc6)c6ncnc7ccccc67)ccc6ccc3c4c65)c2)cc1. The first-order valence-corrected chi connectivity index (χ1v) is 19.7. The molecular formula is C54H36N4. The molecule has 4 nitrogen and oxygen atoms in total. The van der Waals surface area contributed by atoms with Crippen molar-refractivity contribution in [3.05, 3.63) is 219 Å². The summed E-state index contributed by atoms with van der Waals surface area (Å²) < 4.78 is 0. The van der Waals surface area contributed by atoms with Gasteiger partial charge in [-0.3, -0.25) is 4.90 Å². The minimum Gasteiger partial charge on any atom is -0.310 e. The van der Waals surface area contributed by atoms with Gasteiger partial charge in [-0.2, -0.15) is 0 Å². The average molecular weight is 741 g/mol. The minimum absolute atomic E-state index is 0.843. The summed E-state index contributed by atoms with van der Waals surface area (Å²) in [6.07, 6.45) is 1.67. The van der Waals surface area contributed by atoms with Gasteiger partial charge in [-0.15, -0.1) is 0 Å². The third-order valence-corrected chi connectivity index (χ3v) is 11.3. The van der Waals surface area contributed by atoms with Crippen molar-refractivity contribution in [1.29, 1.82) is 0 Å². The van der Waals surface area contributed by atoms with E-state index in [1.807, 2.05) is 12.1 Å². The lowest BCUT2D eigenvalue weighted by Gasteiger charge is -2.29. The minimum atomic E-state index is 0.843. The fourth-order valence-electron chi connectivity index (χ4n) is 8.62. The molecule has 0 atom stereocenters. The first-order chi connectivity index (χ1) is 28.8. The van der Waals surface area contributed by atoms with Crippen molar-refractivity contribution in [2.45, 2.75) is 0 Å². The molecule has 0 N–H and O–H groups in total. The zero-order chi connectivity index (χ0) is 38.4. The van der Waals surface area contributed by atoms with Gasteiger partial charge in [0.05, 0.1) is 16.9 Å². The first kappa shape index (κ1) is 33.5. The standard InChI is InChI=1S/C54H36N4/c1-5-15-37(16-6-1)41-33-42(38-17-7-2-8-18-38)35-45(34-41)57(43-19-9-3-10-20-43)50-31-27-39-26-30-48-51(32-28-40-25-29-47(50)52(39)53(40)48)58(44-21-11-4-12-22-44)54-46-23-13-14-24-49(46)55-36-56-54/h1-36H. The second kappa shape index (κ2) is 14.0. The van der Waals surface area contributed by atoms with Gasteiger partial charge in [0.1, 0.15) is 12.1 Å². The molecule has 0 amide bonds. The molecule has 0 saturated carbocycles. The monoisotopic (exact) mass is 740 g/mol. The van der Waals surface area contributed by atoms with Crippen LogP contribution in [0.15, 0.2) is 219 Å². The lowest BCUT2D eigenvalue weighted by atomic mass is 9.91. The zero-order valence-corrected chi connectivity index (χ0v) is 31.6. The van der Waals surface area contributed by atoms with Gasteiger partial charge in [0.15, 0.2) is 0 Å². The van der Waals surface area contributed by atoms with Gasteiger partial charge in [0.2, 0.25) is 0 Å². The number of nitrogens with zero attached hydrogens (tertiary/aromatic N) is 4. The number of fused-ring (bicyclic) bond motifs is 1. The smallest absolute Gasteiger partial charge is 0.148 e. The van der Waals surface area contributed by atoms with E-state index >= 15 is 0 Å². The van der Waals surface area contributed by atoms with E-state index in [0.717, 1.165) is 50.5 Å². The van der Waals surface area contributed by atoms with Crippen LogP contribution in [0.25, 0.3) is 65.5 Å². The van der Waals surface area contributed by atoms with Crippen molar-refractivity contribution >= 4 is 77.5 Å². The van der Waals surface area contributed by atoms with Crippen LogP contribution in [-0.4, -0.2) is 9.97 Å². The molecule has 0 aliphatic rings. The molecule has 272 valence electrons. The lowest BCUT2D eigenvalue weighted by molar-refractivity contribution is 1.15. The Balaban J connectivity index is 1.17. The van der Waals surface area contributed by atoms with E-state index in [9.17, 15) is 0 Å². The second-order valence-electron chi connectivity index (χ2n) is 14.6. The van der Waals surface area contributed by atoms with Crippen molar-refractivity contribution < 1.29 is 0 Å². The molecule has 0 unspecified atom stereocenters. The Morgan fingerprint density at radius 2 is 0.776 bits per heavy atom. The largest absolute Gasteiger partial charge is 0.310 e. The number of aromatic nitrogens is 2. The number of benzene rings is 10. The Kier molecular flexibility index (Phi) is 8.11.